The lowest BCUT2D eigenvalue weighted by Crippen LogP contribution is -2.31. The smallest absolute Gasteiger partial charge is 0.322 e. The van der Waals surface area contributed by atoms with E-state index in [1.807, 2.05) is 0 Å². The molecular weight excluding hydrogens is 274 g/mol. The monoisotopic (exact) mass is 295 g/mol. The number of rotatable bonds is 10. The maximum atomic E-state index is 11.4. The molecule has 0 spiro atoms. The Morgan fingerprint density at radius 2 is 1.79 bits per heavy atom. The number of carbonyl (C=O) groups is 2. The van der Waals surface area contributed by atoms with Gasteiger partial charge in [-0.15, -0.1) is 0 Å². The molecule has 0 atom stereocenters. The van der Waals surface area contributed by atoms with E-state index >= 15 is 0 Å². The van der Waals surface area contributed by atoms with E-state index in [4.69, 9.17) is 0 Å². The zero-order valence-electron chi connectivity index (χ0n) is 11.3. The van der Waals surface area contributed by atoms with E-state index in [-0.39, 0.29) is 19.1 Å². The lowest BCUT2D eigenvalue weighted by molar-refractivity contribution is -0.141. The summed E-state index contributed by atoms with van der Waals surface area (Å²) < 4.78 is 34.2. The lowest BCUT2D eigenvalue weighted by Gasteiger charge is -2.06. The van der Waals surface area contributed by atoms with Gasteiger partial charge in [0.2, 0.25) is 10.0 Å². The van der Waals surface area contributed by atoms with Gasteiger partial charge in [0.25, 0.3) is 0 Å². The van der Waals surface area contributed by atoms with Gasteiger partial charge in [-0.05, 0) is 19.8 Å². The molecule has 112 valence electrons. The van der Waals surface area contributed by atoms with Gasteiger partial charge >= 0.3 is 11.9 Å². The van der Waals surface area contributed by atoms with Crippen molar-refractivity contribution in [2.45, 2.75) is 32.6 Å². The first kappa shape index (κ1) is 17.8. The Hall–Kier alpha value is -1.15. The largest absolute Gasteiger partial charge is 0.469 e. The summed E-state index contributed by atoms with van der Waals surface area (Å²) in [6.45, 7) is 2.00. The molecule has 0 rings (SSSR count). The van der Waals surface area contributed by atoms with Crippen LogP contribution in [0, 0.1) is 0 Å². The third-order valence-corrected chi connectivity index (χ3v) is 3.48. The average molecular weight is 295 g/mol. The van der Waals surface area contributed by atoms with Crippen LogP contribution in [0.15, 0.2) is 0 Å². The third kappa shape index (κ3) is 10.5. The van der Waals surface area contributed by atoms with Crippen molar-refractivity contribution in [1.82, 2.24) is 4.72 Å². The van der Waals surface area contributed by atoms with Crippen LogP contribution in [0.1, 0.15) is 32.6 Å². The zero-order valence-corrected chi connectivity index (χ0v) is 12.1. The second-order valence-corrected chi connectivity index (χ2v) is 5.65. The summed E-state index contributed by atoms with van der Waals surface area (Å²) in [5.41, 5.74) is 0. The molecule has 19 heavy (non-hydrogen) atoms. The number of esters is 2. The first-order valence-corrected chi connectivity index (χ1v) is 7.76. The van der Waals surface area contributed by atoms with Crippen LogP contribution in [0.25, 0.3) is 0 Å². The van der Waals surface area contributed by atoms with E-state index in [9.17, 15) is 18.0 Å². The Bertz CT molecular complexity index is 379. The van der Waals surface area contributed by atoms with Gasteiger partial charge < -0.3 is 9.47 Å². The molecule has 0 aliphatic carbocycles. The highest BCUT2D eigenvalue weighted by Crippen LogP contribution is 2.00. The number of sulfonamides is 1. The second kappa shape index (κ2) is 9.74. The third-order valence-electron chi connectivity index (χ3n) is 2.22. The highest BCUT2D eigenvalue weighted by Gasteiger charge is 2.16. The van der Waals surface area contributed by atoms with Crippen LogP contribution in [0.3, 0.4) is 0 Å². The van der Waals surface area contributed by atoms with E-state index in [0.717, 1.165) is 0 Å². The highest BCUT2D eigenvalue weighted by atomic mass is 32.2. The summed E-state index contributed by atoms with van der Waals surface area (Å²) in [7, 11) is -2.30. The number of nitrogens with one attached hydrogen (secondary N) is 1. The van der Waals surface area contributed by atoms with Crippen LogP contribution < -0.4 is 4.72 Å². The molecule has 0 aromatic carbocycles. The molecule has 0 aromatic rings. The maximum Gasteiger partial charge on any atom is 0.322 e. The van der Waals surface area contributed by atoms with Gasteiger partial charge in [-0.1, -0.05) is 6.42 Å². The standard InChI is InChI=1S/C11H21NO6S/c1-3-18-11(14)9-19(15,16)12-8-6-4-5-7-10(13)17-2/h12H,3-9H2,1-2H3. The maximum absolute atomic E-state index is 11.4. The summed E-state index contributed by atoms with van der Waals surface area (Å²) in [5.74, 6) is -1.70. The molecule has 0 saturated heterocycles. The molecular formula is C11H21NO6S. The number of hydrogen-bond acceptors (Lipinski definition) is 6. The van der Waals surface area contributed by atoms with Gasteiger partial charge in [-0.2, -0.15) is 0 Å². The molecule has 0 aliphatic heterocycles. The number of unbranched alkanes of at least 4 members (excludes halogenated alkanes) is 2. The van der Waals surface area contributed by atoms with Crippen LogP contribution in [-0.2, 0) is 29.1 Å². The van der Waals surface area contributed by atoms with Crippen molar-refractivity contribution >= 4 is 22.0 Å². The first-order valence-electron chi connectivity index (χ1n) is 6.11. The molecule has 7 nitrogen and oxygen atoms in total. The fourth-order valence-electron chi connectivity index (χ4n) is 1.31. The van der Waals surface area contributed by atoms with Crippen LogP contribution in [0.5, 0.6) is 0 Å². The Morgan fingerprint density at radius 3 is 2.37 bits per heavy atom. The Balaban J connectivity index is 3.70. The molecule has 1 N–H and O–H groups in total. The van der Waals surface area contributed by atoms with Gasteiger partial charge in [0, 0.05) is 13.0 Å². The second-order valence-electron chi connectivity index (χ2n) is 3.85. The van der Waals surface area contributed by atoms with Crippen molar-refractivity contribution in [2.24, 2.45) is 0 Å². The van der Waals surface area contributed by atoms with Crippen LogP contribution in [0.2, 0.25) is 0 Å². The normalized spacial score (nSPS) is 11.1. The van der Waals surface area contributed by atoms with Crippen LogP contribution in [-0.4, -0.2) is 46.4 Å². The lowest BCUT2D eigenvalue weighted by atomic mass is 10.2. The Kier molecular flexibility index (Phi) is 9.15. The van der Waals surface area contributed by atoms with Crippen molar-refractivity contribution in [3.8, 4) is 0 Å². The van der Waals surface area contributed by atoms with Crippen molar-refractivity contribution in [3.63, 3.8) is 0 Å². The van der Waals surface area contributed by atoms with E-state index in [1.54, 1.807) is 6.92 Å². The molecule has 0 aromatic heterocycles. The van der Waals surface area contributed by atoms with E-state index in [0.29, 0.717) is 25.7 Å². The highest BCUT2D eigenvalue weighted by molar-refractivity contribution is 7.90. The molecule has 0 aliphatic rings. The van der Waals surface area contributed by atoms with Crippen LogP contribution in [0.4, 0.5) is 0 Å². The van der Waals surface area contributed by atoms with Gasteiger partial charge in [-0.25, -0.2) is 13.1 Å². The molecule has 8 heteroatoms. The van der Waals surface area contributed by atoms with Gasteiger partial charge in [0.05, 0.1) is 13.7 Å². The summed E-state index contributed by atoms with van der Waals surface area (Å²) >= 11 is 0. The molecule has 0 saturated carbocycles. The van der Waals surface area contributed by atoms with E-state index < -0.39 is 21.7 Å². The minimum Gasteiger partial charge on any atom is -0.469 e. The molecule has 0 unspecified atom stereocenters. The van der Waals surface area contributed by atoms with Crippen LogP contribution >= 0.6 is 0 Å². The van der Waals surface area contributed by atoms with E-state index in [1.165, 1.54) is 7.11 Å². The molecule has 0 bridgehead atoms. The van der Waals surface area contributed by atoms with Crippen molar-refractivity contribution in [1.29, 1.82) is 0 Å². The summed E-state index contributed by atoms with van der Waals surface area (Å²) in [5, 5.41) is 0. The number of hydrogen-bond donors (Lipinski definition) is 1. The number of ether oxygens (including phenoxy) is 2. The Morgan fingerprint density at radius 1 is 1.11 bits per heavy atom. The minimum absolute atomic E-state index is 0.155. The van der Waals surface area contributed by atoms with Gasteiger partial charge in [0.1, 0.15) is 0 Å². The zero-order chi connectivity index (χ0) is 14.7. The predicted molar refractivity (Wildman–Crippen MR) is 68.9 cm³/mol. The summed E-state index contributed by atoms with van der Waals surface area (Å²) in [6, 6.07) is 0. The van der Waals surface area contributed by atoms with Crippen molar-refractivity contribution < 1.29 is 27.5 Å². The van der Waals surface area contributed by atoms with E-state index in [2.05, 4.69) is 14.2 Å². The van der Waals surface area contributed by atoms with Crippen molar-refractivity contribution in [2.75, 3.05) is 26.0 Å². The molecule has 0 amide bonds. The molecule has 0 fully saturated rings. The van der Waals surface area contributed by atoms with Gasteiger partial charge in [0.15, 0.2) is 5.75 Å². The Labute approximate surface area is 113 Å². The first-order chi connectivity index (χ1) is 8.91. The molecule has 0 heterocycles. The summed E-state index contributed by atoms with van der Waals surface area (Å²) in [4.78, 5) is 21.8. The van der Waals surface area contributed by atoms with Crippen molar-refractivity contribution in [3.05, 3.63) is 0 Å². The predicted octanol–water partition coefficient (Wildman–Crippen LogP) is 0.202. The number of carbonyl (C=O) groups excluding carboxylic acids is 2. The average Bonchev–Trinajstić information content (AvgIpc) is 2.32. The molecule has 0 radical (unpaired) electrons. The number of methoxy groups -OCH3 is 1. The fourth-order valence-corrected chi connectivity index (χ4v) is 2.26. The SMILES string of the molecule is CCOC(=O)CS(=O)(=O)NCCCCCC(=O)OC. The fraction of sp³-hybridized carbons (Fsp3) is 0.818. The minimum atomic E-state index is -3.63. The quantitative estimate of drug-likeness (QED) is 0.457. The topological polar surface area (TPSA) is 98.8 Å². The van der Waals surface area contributed by atoms with Gasteiger partial charge in [-0.3, -0.25) is 9.59 Å². The summed E-state index contributed by atoms with van der Waals surface area (Å²) in [6.07, 6.45) is 2.27.